The minimum Gasteiger partial charge on any atom is -0.458 e. The van der Waals surface area contributed by atoms with E-state index in [0.717, 1.165) is 0 Å². The fourth-order valence-electron chi connectivity index (χ4n) is 0.830. The van der Waals surface area contributed by atoms with Crippen LogP contribution in [0.1, 0.15) is 20.8 Å². The van der Waals surface area contributed by atoms with Gasteiger partial charge in [0.15, 0.2) is 0 Å². The van der Waals surface area contributed by atoms with E-state index in [1.165, 1.54) is 20.8 Å². The van der Waals surface area contributed by atoms with Crippen LogP contribution in [0.3, 0.4) is 0 Å². The molecule has 3 nitrogen and oxygen atoms in total. The number of rotatable bonds is 1. The highest BCUT2D eigenvalue weighted by Gasteiger charge is 2.73. The summed E-state index contributed by atoms with van der Waals surface area (Å²) in [6.45, 7) is 3.84. The Morgan fingerprint density at radius 3 is 2.00 bits per heavy atom. The number of halogens is 3. The summed E-state index contributed by atoms with van der Waals surface area (Å²) in [6, 6.07) is 0. The Hall–Kier alpha value is -0.780. The summed E-state index contributed by atoms with van der Waals surface area (Å²) in [7, 11) is 0. The van der Waals surface area contributed by atoms with Crippen LogP contribution in [0.4, 0.5) is 13.2 Å². The van der Waals surface area contributed by atoms with Crippen LogP contribution in [-0.2, 0) is 14.3 Å². The van der Waals surface area contributed by atoms with Gasteiger partial charge in [0.25, 0.3) is 5.60 Å². The number of carbonyl (C=O) groups is 1. The van der Waals surface area contributed by atoms with Crippen LogP contribution in [-0.4, -0.2) is 30.0 Å². The molecule has 1 aliphatic rings. The van der Waals surface area contributed by atoms with Gasteiger partial charge in [-0.1, -0.05) is 0 Å². The molecule has 0 amide bonds. The number of hydrogen-bond donors (Lipinski definition) is 0. The summed E-state index contributed by atoms with van der Waals surface area (Å²) in [4.78, 5) is 11.1. The predicted molar refractivity (Wildman–Crippen MR) is 40.6 cm³/mol. The fraction of sp³-hybridized carbons (Fsp3) is 0.875. The van der Waals surface area contributed by atoms with Crippen molar-refractivity contribution < 1.29 is 27.4 Å². The lowest BCUT2D eigenvalue weighted by atomic mass is 10.1. The maximum absolute atomic E-state index is 12.3. The highest BCUT2D eigenvalue weighted by atomic mass is 19.4. The molecule has 0 aromatic heterocycles. The van der Waals surface area contributed by atoms with E-state index in [-0.39, 0.29) is 0 Å². The van der Waals surface area contributed by atoms with Crippen LogP contribution in [0.5, 0.6) is 0 Å². The second-order valence-electron chi connectivity index (χ2n) is 4.12. The van der Waals surface area contributed by atoms with E-state index in [9.17, 15) is 18.0 Å². The number of epoxide rings is 1. The lowest BCUT2D eigenvalue weighted by molar-refractivity contribution is -0.210. The molecule has 0 saturated carbocycles. The summed E-state index contributed by atoms with van der Waals surface area (Å²) in [6.07, 6.45) is -4.70. The molecule has 1 aliphatic heterocycles. The zero-order valence-corrected chi connectivity index (χ0v) is 8.07. The van der Waals surface area contributed by atoms with Gasteiger partial charge in [0, 0.05) is 0 Å². The predicted octanol–water partition coefficient (Wildman–Crippen LogP) is 1.66. The van der Waals surface area contributed by atoms with Gasteiger partial charge >= 0.3 is 12.1 Å². The van der Waals surface area contributed by atoms with Gasteiger partial charge in [-0.2, -0.15) is 13.2 Å². The van der Waals surface area contributed by atoms with Crippen molar-refractivity contribution in [1.29, 1.82) is 0 Å². The number of alkyl halides is 3. The van der Waals surface area contributed by atoms with E-state index in [1.54, 1.807) is 0 Å². The molecule has 82 valence electrons. The second kappa shape index (κ2) is 2.85. The van der Waals surface area contributed by atoms with Crippen molar-refractivity contribution >= 4 is 5.97 Å². The topological polar surface area (TPSA) is 38.8 Å². The van der Waals surface area contributed by atoms with Gasteiger partial charge in [-0.05, 0) is 20.8 Å². The average Bonchev–Trinajstić information content (AvgIpc) is 2.56. The third kappa shape index (κ3) is 2.00. The van der Waals surface area contributed by atoms with Crippen molar-refractivity contribution in [3.05, 3.63) is 0 Å². The molecule has 1 saturated heterocycles. The number of hydrogen-bond acceptors (Lipinski definition) is 3. The fourth-order valence-corrected chi connectivity index (χ4v) is 0.830. The lowest BCUT2D eigenvalue weighted by Gasteiger charge is -2.23. The van der Waals surface area contributed by atoms with Gasteiger partial charge < -0.3 is 9.47 Å². The molecule has 0 unspecified atom stereocenters. The van der Waals surface area contributed by atoms with Crippen molar-refractivity contribution in [2.75, 3.05) is 6.61 Å². The smallest absolute Gasteiger partial charge is 0.430 e. The Balaban J connectivity index is 2.72. The van der Waals surface area contributed by atoms with E-state index < -0.39 is 30.0 Å². The first-order valence-electron chi connectivity index (χ1n) is 4.03. The van der Waals surface area contributed by atoms with E-state index in [0.29, 0.717) is 0 Å². The molecule has 0 radical (unpaired) electrons. The maximum Gasteiger partial charge on any atom is 0.430 e. The lowest BCUT2D eigenvalue weighted by Crippen LogP contribution is -2.44. The Morgan fingerprint density at radius 1 is 1.36 bits per heavy atom. The first-order valence-corrected chi connectivity index (χ1v) is 4.03. The van der Waals surface area contributed by atoms with Crippen molar-refractivity contribution in [2.45, 2.75) is 38.1 Å². The summed E-state index contributed by atoms with van der Waals surface area (Å²) in [5.41, 5.74) is -3.65. The molecular weight excluding hydrogens is 201 g/mol. The van der Waals surface area contributed by atoms with Crippen LogP contribution in [0, 0.1) is 0 Å². The Morgan fingerprint density at radius 2 is 1.79 bits per heavy atom. The summed E-state index contributed by atoms with van der Waals surface area (Å²) >= 11 is 0. The maximum atomic E-state index is 12.3. The van der Waals surface area contributed by atoms with E-state index in [2.05, 4.69) is 9.47 Å². The van der Waals surface area contributed by atoms with Gasteiger partial charge in [0.1, 0.15) is 5.60 Å². The highest BCUT2D eigenvalue weighted by Crippen LogP contribution is 2.45. The summed E-state index contributed by atoms with van der Waals surface area (Å²) < 4.78 is 45.7. The summed E-state index contributed by atoms with van der Waals surface area (Å²) in [5, 5.41) is 0. The molecule has 0 aliphatic carbocycles. The second-order valence-corrected chi connectivity index (χ2v) is 4.12. The van der Waals surface area contributed by atoms with Gasteiger partial charge in [-0.15, -0.1) is 0 Å². The number of esters is 1. The summed E-state index contributed by atoms with van der Waals surface area (Å²) in [5.74, 6) is -1.36. The van der Waals surface area contributed by atoms with Crippen LogP contribution >= 0.6 is 0 Å². The van der Waals surface area contributed by atoms with Gasteiger partial charge in [0.05, 0.1) is 6.61 Å². The minimum atomic E-state index is -4.70. The van der Waals surface area contributed by atoms with Crippen LogP contribution in [0.2, 0.25) is 0 Å². The molecule has 1 rings (SSSR count). The molecule has 0 bridgehead atoms. The van der Waals surface area contributed by atoms with Gasteiger partial charge in [0.2, 0.25) is 0 Å². The Bertz CT molecular complexity index is 248. The monoisotopic (exact) mass is 212 g/mol. The van der Waals surface area contributed by atoms with Crippen LogP contribution < -0.4 is 0 Å². The molecule has 1 heterocycles. The Kier molecular flexibility index (Phi) is 2.30. The van der Waals surface area contributed by atoms with E-state index >= 15 is 0 Å². The largest absolute Gasteiger partial charge is 0.458 e. The molecule has 0 N–H and O–H groups in total. The standard InChI is InChI=1S/C8H11F3O3/c1-6(2,3)14-5(12)7(4-13-7)8(9,10)11/h4H2,1-3H3/t7-/m0/s1. The van der Waals surface area contributed by atoms with Crippen LogP contribution in [0.25, 0.3) is 0 Å². The Labute approximate surface area is 79.2 Å². The third-order valence-electron chi connectivity index (χ3n) is 1.62. The first-order chi connectivity index (χ1) is 6.08. The molecule has 6 heteroatoms. The zero-order chi connectivity index (χ0) is 11.2. The molecule has 0 aromatic carbocycles. The molecular formula is C8H11F3O3. The molecule has 1 fully saturated rings. The van der Waals surface area contributed by atoms with Gasteiger partial charge in [-0.25, -0.2) is 4.79 Å². The van der Waals surface area contributed by atoms with Gasteiger partial charge in [-0.3, -0.25) is 0 Å². The van der Waals surface area contributed by atoms with Crippen molar-refractivity contribution in [1.82, 2.24) is 0 Å². The van der Waals surface area contributed by atoms with Crippen molar-refractivity contribution in [3.63, 3.8) is 0 Å². The highest BCUT2D eigenvalue weighted by molar-refractivity contribution is 5.83. The zero-order valence-electron chi connectivity index (χ0n) is 8.07. The van der Waals surface area contributed by atoms with E-state index in [4.69, 9.17) is 0 Å². The average molecular weight is 212 g/mol. The molecule has 0 spiro atoms. The number of carbonyl (C=O) groups excluding carboxylic acids is 1. The SMILES string of the molecule is CC(C)(C)OC(=O)[C@]1(C(F)(F)F)CO1. The van der Waals surface area contributed by atoms with Crippen molar-refractivity contribution in [3.8, 4) is 0 Å². The minimum absolute atomic E-state index is 0.647. The normalized spacial score (nSPS) is 27.3. The molecule has 14 heavy (non-hydrogen) atoms. The number of ether oxygens (including phenoxy) is 2. The first kappa shape index (κ1) is 11.3. The third-order valence-corrected chi connectivity index (χ3v) is 1.62. The van der Waals surface area contributed by atoms with Crippen LogP contribution in [0.15, 0.2) is 0 Å². The van der Waals surface area contributed by atoms with Crippen molar-refractivity contribution in [2.24, 2.45) is 0 Å². The quantitative estimate of drug-likeness (QED) is 0.490. The molecule has 0 aromatic rings. The molecule has 1 atom stereocenters. The van der Waals surface area contributed by atoms with E-state index in [1.807, 2.05) is 0 Å².